The number of para-hydroxylation sites is 2. The van der Waals surface area contributed by atoms with E-state index in [9.17, 15) is 0 Å². The Morgan fingerprint density at radius 2 is 1.16 bits per heavy atom. The van der Waals surface area contributed by atoms with Gasteiger partial charge in [0.15, 0.2) is 0 Å². The van der Waals surface area contributed by atoms with E-state index in [1.165, 1.54) is 49.7 Å². The first-order chi connectivity index (χ1) is 21.6. The molecular formula is C41H32N2S. The lowest BCUT2D eigenvalue weighted by Crippen LogP contribution is -2.16. The molecule has 3 heteroatoms. The summed E-state index contributed by atoms with van der Waals surface area (Å²) in [5.41, 5.74) is 13.6. The molecule has 0 bridgehead atoms. The number of rotatable bonds is 5. The Balaban J connectivity index is 1.13. The maximum absolute atomic E-state index is 2.39. The molecule has 6 aromatic carbocycles. The van der Waals surface area contributed by atoms with Gasteiger partial charge in [-0.05, 0) is 99.5 Å². The first-order valence-corrected chi connectivity index (χ1v) is 16.0. The molecular weight excluding hydrogens is 553 g/mol. The average molecular weight is 585 g/mol. The van der Waals surface area contributed by atoms with E-state index in [4.69, 9.17) is 0 Å². The molecule has 0 radical (unpaired) electrons. The van der Waals surface area contributed by atoms with Gasteiger partial charge >= 0.3 is 0 Å². The van der Waals surface area contributed by atoms with Gasteiger partial charge in [0.25, 0.3) is 0 Å². The van der Waals surface area contributed by atoms with Crippen molar-refractivity contribution in [3.05, 3.63) is 168 Å². The molecule has 0 N–H and O–H groups in total. The number of fused-ring (bicyclic) bond motifs is 4. The molecule has 2 aliphatic rings. The molecule has 0 saturated heterocycles. The normalized spacial score (nSPS) is 14.1. The van der Waals surface area contributed by atoms with Gasteiger partial charge < -0.3 is 9.80 Å². The van der Waals surface area contributed by atoms with Gasteiger partial charge in [0.05, 0.1) is 5.69 Å². The summed E-state index contributed by atoms with van der Waals surface area (Å²) in [6, 6.07) is 52.8. The number of nitrogens with zero attached hydrogens (tertiary/aromatic N) is 2. The standard InChI is InChI=1S/C41H32N2S/c1-41(2)37-13-7-6-12-35(37)36-25-24-34(28-38(36)41)43(32-10-4-3-5-11-32)33-22-18-30(19-23-33)29-16-20-31(21-17-29)42-26-27-44-40-15-9-8-14-39(40)42/h3-28H,1-2H3. The quantitative estimate of drug-likeness (QED) is 0.199. The van der Waals surface area contributed by atoms with Crippen LogP contribution in [0.15, 0.2) is 162 Å². The third-order valence-electron chi connectivity index (χ3n) is 8.97. The number of hydrogen-bond donors (Lipinski definition) is 0. The van der Waals surface area contributed by atoms with Crippen molar-refractivity contribution in [3.63, 3.8) is 0 Å². The van der Waals surface area contributed by atoms with E-state index in [-0.39, 0.29) is 5.41 Å². The van der Waals surface area contributed by atoms with Crippen LogP contribution in [0.1, 0.15) is 25.0 Å². The van der Waals surface area contributed by atoms with Crippen LogP contribution >= 0.6 is 11.8 Å². The third-order valence-corrected chi connectivity index (χ3v) is 9.83. The molecule has 1 heterocycles. The van der Waals surface area contributed by atoms with Crippen LogP contribution < -0.4 is 9.80 Å². The number of benzene rings is 6. The van der Waals surface area contributed by atoms with E-state index >= 15 is 0 Å². The summed E-state index contributed by atoms with van der Waals surface area (Å²) in [5, 5.41) is 2.15. The Kier molecular flexibility index (Phi) is 6.43. The van der Waals surface area contributed by atoms with Crippen LogP contribution in [0.2, 0.25) is 0 Å². The molecule has 44 heavy (non-hydrogen) atoms. The molecule has 0 unspecified atom stereocenters. The number of hydrogen-bond acceptors (Lipinski definition) is 3. The highest BCUT2D eigenvalue weighted by atomic mass is 32.2. The van der Waals surface area contributed by atoms with Crippen molar-refractivity contribution in [1.82, 2.24) is 0 Å². The zero-order valence-electron chi connectivity index (χ0n) is 24.8. The minimum atomic E-state index is -0.0504. The predicted molar refractivity (Wildman–Crippen MR) is 188 cm³/mol. The second-order valence-corrected chi connectivity index (χ2v) is 12.9. The Hall–Kier alpha value is -4.99. The second kappa shape index (κ2) is 10.6. The molecule has 0 atom stereocenters. The van der Waals surface area contributed by atoms with Gasteiger partial charge in [0.2, 0.25) is 0 Å². The summed E-state index contributed by atoms with van der Waals surface area (Å²) in [5.74, 6) is 0. The number of anilines is 5. The van der Waals surface area contributed by atoms with Crippen LogP contribution in [0.25, 0.3) is 22.3 Å². The monoisotopic (exact) mass is 584 g/mol. The average Bonchev–Trinajstić information content (AvgIpc) is 3.31. The van der Waals surface area contributed by atoms with Gasteiger partial charge in [-0.15, -0.1) is 0 Å². The zero-order valence-corrected chi connectivity index (χ0v) is 25.6. The predicted octanol–water partition coefficient (Wildman–Crippen LogP) is 11.8. The molecule has 2 nitrogen and oxygen atoms in total. The molecule has 212 valence electrons. The summed E-state index contributed by atoms with van der Waals surface area (Å²) in [6.45, 7) is 4.68. The summed E-state index contributed by atoms with van der Waals surface area (Å²) in [4.78, 5) is 5.89. The summed E-state index contributed by atoms with van der Waals surface area (Å²) >= 11 is 1.76. The third kappa shape index (κ3) is 4.44. The van der Waals surface area contributed by atoms with Crippen LogP contribution in [-0.4, -0.2) is 0 Å². The van der Waals surface area contributed by atoms with E-state index in [1.54, 1.807) is 11.8 Å². The van der Waals surface area contributed by atoms with Crippen LogP contribution in [0.5, 0.6) is 0 Å². The van der Waals surface area contributed by atoms with Gasteiger partial charge in [0, 0.05) is 39.3 Å². The van der Waals surface area contributed by atoms with Crippen molar-refractivity contribution >= 4 is 40.2 Å². The summed E-state index contributed by atoms with van der Waals surface area (Å²) in [6.07, 6.45) is 2.15. The molecule has 8 rings (SSSR count). The lowest BCUT2D eigenvalue weighted by atomic mass is 9.82. The van der Waals surface area contributed by atoms with Crippen molar-refractivity contribution in [3.8, 4) is 22.3 Å². The Morgan fingerprint density at radius 3 is 1.95 bits per heavy atom. The Labute approximate surface area is 263 Å². The van der Waals surface area contributed by atoms with Crippen LogP contribution in [0.3, 0.4) is 0 Å². The largest absolute Gasteiger partial charge is 0.316 e. The fraction of sp³-hybridized carbons (Fsp3) is 0.0732. The highest BCUT2D eigenvalue weighted by molar-refractivity contribution is 8.02. The van der Waals surface area contributed by atoms with E-state index in [0.29, 0.717) is 0 Å². The van der Waals surface area contributed by atoms with Crippen LogP contribution in [0.4, 0.5) is 28.4 Å². The lowest BCUT2D eigenvalue weighted by Gasteiger charge is -2.28. The Morgan fingerprint density at radius 1 is 0.545 bits per heavy atom. The van der Waals surface area contributed by atoms with Gasteiger partial charge in [-0.3, -0.25) is 0 Å². The van der Waals surface area contributed by atoms with E-state index in [0.717, 1.165) is 17.1 Å². The van der Waals surface area contributed by atoms with E-state index in [2.05, 4.69) is 181 Å². The SMILES string of the molecule is CC1(C)c2ccccc2-c2ccc(N(c3ccccc3)c3ccc(-c4ccc(N5C=CSc6ccccc65)cc4)cc3)cc21. The minimum absolute atomic E-state index is 0.0504. The lowest BCUT2D eigenvalue weighted by molar-refractivity contribution is 0.660. The van der Waals surface area contributed by atoms with Crippen molar-refractivity contribution in [2.45, 2.75) is 24.2 Å². The highest BCUT2D eigenvalue weighted by Gasteiger charge is 2.35. The smallest absolute Gasteiger partial charge is 0.0594 e. The fourth-order valence-electron chi connectivity index (χ4n) is 6.70. The zero-order chi connectivity index (χ0) is 29.7. The molecule has 0 spiro atoms. The first kappa shape index (κ1) is 26.6. The molecule has 0 fully saturated rings. The van der Waals surface area contributed by atoms with Crippen LogP contribution in [-0.2, 0) is 5.41 Å². The first-order valence-electron chi connectivity index (χ1n) is 15.1. The van der Waals surface area contributed by atoms with Crippen LogP contribution in [0, 0.1) is 0 Å². The highest BCUT2D eigenvalue weighted by Crippen LogP contribution is 2.50. The Bertz CT molecular complexity index is 2010. The fourth-order valence-corrected chi connectivity index (χ4v) is 7.47. The van der Waals surface area contributed by atoms with E-state index < -0.39 is 0 Å². The maximum Gasteiger partial charge on any atom is 0.0594 e. The van der Waals surface area contributed by atoms with Gasteiger partial charge in [-0.2, -0.15) is 0 Å². The van der Waals surface area contributed by atoms with E-state index in [1.807, 2.05) is 0 Å². The minimum Gasteiger partial charge on any atom is -0.316 e. The van der Waals surface area contributed by atoms with Gasteiger partial charge in [-0.25, -0.2) is 0 Å². The van der Waals surface area contributed by atoms with Gasteiger partial charge in [0.1, 0.15) is 0 Å². The molecule has 1 aliphatic heterocycles. The van der Waals surface area contributed by atoms with Crippen molar-refractivity contribution < 1.29 is 0 Å². The maximum atomic E-state index is 2.39. The van der Waals surface area contributed by atoms with Crippen molar-refractivity contribution in [1.29, 1.82) is 0 Å². The number of thioether (sulfide) groups is 1. The second-order valence-electron chi connectivity index (χ2n) is 11.9. The molecule has 1 aliphatic carbocycles. The molecule has 0 saturated carbocycles. The van der Waals surface area contributed by atoms with Gasteiger partial charge in [-0.1, -0.05) is 111 Å². The van der Waals surface area contributed by atoms with Crippen molar-refractivity contribution in [2.24, 2.45) is 0 Å². The molecule has 0 amide bonds. The summed E-state index contributed by atoms with van der Waals surface area (Å²) in [7, 11) is 0. The molecule has 0 aromatic heterocycles. The molecule has 6 aromatic rings. The topological polar surface area (TPSA) is 6.48 Å². The summed E-state index contributed by atoms with van der Waals surface area (Å²) < 4.78 is 0. The van der Waals surface area contributed by atoms with Crippen molar-refractivity contribution in [2.75, 3.05) is 9.80 Å².